The second-order valence-electron chi connectivity index (χ2n) is 12.2. The van der Waals surface area contributed by atoms with Crippen molar-refractivity contribution in [1.82, 2.24) is 4.98 Å². The quantitative estimate of drug-likeness (QED) is 0.140. The summed E-state index contributed by atoms with van der Waals surface area (Å²) in [5.41, 5.74) is 5.22. The topological polar surface area (TPSA) is 30.0 Å². The number of rotatable bonds is 5. The molecule has 1 heterocycles. The van der Waals surface area contributed by atoms with E-state index in [2.05, 4.69) is 109 Å². The largest absolute Gasteiger partial charge is 0.309 e. The third kappa shape index (κ3) is 4.49. The number of hydrogen-bond donors (Lipinski definition) is 0. The summed E-state index contributed by atoms with van der Waals surface area (Å²) in [4.78, 5) is 5.30. The summed E-state index contributed by atoms with van der Waals surface area (Å²) in [7, 11) is -3.03. The van der Waals surface area contributed by atoms with E-state index >= 15 is 0 Å². The highest BCUT2D eigenvalue weighted by molar-refractivity contribution is 7.85. The first-order valence-corrected chi connectivity index (χ1v) is 18.0. The van der Waals surface area contributed by atoms with Crippen molar-refractivity contribution in [2.24, 2.45) is 0 Å². The number of fused-ring (bicyclic) bond motifs is 8. The second kappa shape index (κ2) is 11.5. The molecule has 0 spiro atoms. The Morgan fingerprint density at radius 2 is 0.729 bits per heavy atom. The first kappa shape index (κ1) is 28.4. The van der Waals surface area contributed by atoms with Crippen LogP contribution >= 0.6 is 7.14 Å². The molecule has 9 aromatic rings. The molecule has 0 saturated carbocycles. The van der Waals surface area contributed by atoms with Crippen LogP contribution in [0.5, 0.6) is 0 Å². The molecule has 2 nitrogen and oxygen atoms in total. The lowest BCUT2D eigenvalue weighted by atomic mass is 9.90. The van der Waals surface area contributed by atoms with Crippen LogP contribution in [0.15, 0.2) is 182 Å². The molecule has 8 aromatic carbocycles. The fraction of sp³-hybridized carbons (Fsp3) is 0. The molecule has 226 valence electrons. The Labute approximate surface area is 279 Å². The van der Waals surface area contributed by atoms with Gasteiger partial charge in [0.05, 0.1) is 11.2 Å². The lowest BCUT2D eigenvalue weighted by Crippen LogP contribution is -2.24. The van der Waals surface area contributed by atoms with Crippen LogP contribution in [0, 0.1) is 0 Å². The summed E-state index contributed by atoms with van der Waals surface area (Å²) in [6.07, 6.45) is 0. The van der Waals surface area contributed by atoms with E-state index in [0.717, 1.165) is 43.8 Å². The van der Waals surface area contributed by atoms with E-state index in [1.54, 1.807) is 0 Å². The lowest BCUT2D eigenvalue weighted by molar-refractivity contribution is 0.592. The molecule has 0 amide bonds. The summed E-state index contributed by atoms with van der Waals surface area (Å²) >= 11 is 0. The van der Waals surface area contributed by atoms with E-state index in [9.17, 15) is 4.57 Å². The van der Waals surface area contributed by atoms with Crippen LogP contribution in [0.3, 0.4) is 0 Å². The lowest BCUT2D eigenvalue weighted by Gasteiger charge is -2.20. The van der Waals surface area contributed by atoms with Gasteiger partial charge in [-0.05, 0) is 38.7 Å². The average Bonchev–Trinajstić information content (AvgIpc) is 3.18. The van der Waals surface area contributed by atoms with E-state index < -0.39 is 7.14 Å². The molecule has 0 atom stereocenters. The third-order valence-corrected chi connectivity index (χ3v) is 12.6. The van der Waals surface area contributed by atoms with Crippen molar-refractivity contribution >= 4 is 66.3 Å². The second-order valence-corrected chi connectivity index (χ2v) is 15.0. The minimum Gasteiger partial charge on any atom is -0.309 e. The fourth-order valence-electron chi connectivity index (χ4n) is 7.24. The van der Waals surface area contributed by atoms with Crippen LogP contribution in [0.25, 0.3) is 65.6 Å². The maximum Gasteiger partial charge on any atom is 0.171 e. The molecule has 0 aliphatic heterocycles. The first-order valence-electron chi connectivity index (χ1n) is 16.2. The van der Waals surface area contributed by atoms with Gasteiger partial charge >= 0.3 is 0 Å². The van der Waals surface area contributed by atoms with Gasteiger partial charge in [0.25, 0.3) is 0 Å². The molecule has 0 aliphatic carbocycles. The Morgan fingerprint density at radius 1 is 0.333 bits per heavy atom. The van der Waals surface area contributed by atoms with Crippen molar-refractivity contribution in [3.8, 4) is 22.4 Å². The molecule has 48 heavy (non-hydrogen) atoms. The van der Waals surface area contributed by atoms with Gasteiger partial charge in [0.15, 0.2) is 7.14 Å². The average molecular weight is 632 g/mol. The fourth-order valence-corrected chi connectivity index (χ4v) is 9.89. The number of nitrogens with zero attached hydrogens (tertiary/aromatic N) is 1. The molecule has 3 heteroatoms. The Balaban J connectivity index is 1.17. The van der Waals surface area contributed by atoms with Gasteiger partial charge in [-0.25, -0.2) is 4.98 Å². The van der Waals surface area contributed by atoms with Crippen LogP contribution in [0.4, 0.5) is 0 Å². The third-order valence-electron chi connectivity index (χ3n) is 9.54. The monoisotopic (exact) mass is 631 g/mol. The zero-order valence-electron chi connectivity index (χ0n) is 26.1. The van der Waals surface area contributed by atoms with Gasteiger partial charge in [0, 0.05) is 37.6 Å². The van der Waals surface area contributed by atoms with Gasteiger partial charge in [-0.15, -0.1) is 0 Å². The Morgan fingerprint density at radius 3 is 1.29 bits per heavy atom. The van der Waals surface area contributed by atoms with E-state index in [4.69, 9.17) is 4.98 Å². The molecule has 1 aromatic heterocycles. The van der Waals surface area contributed by atoms with E-state index in [1.807, 2.05) is 72.8 Å². The normalized spacial score (nSPS) is 11.8. The maximum absolute atomic E-state index is 14.8. The van der Waals surface area contributed by atoms with E-state index in [-0.39, 0.29) is 0 Å². The molecular weight excluding hydrogens is 601 g/mol. The maximum atomic E-state index is 14.8. The van der Waals surface area contributed by atoms with Crippen LogP contribution < -0.4 is 15.9 Å². The molecule has 0 bridgehead atoms. The van der Waals surface area contributed by atoms with Crippen molar-refractivity contribution < 1.29 is 4.57 Å². The van der Waals surface area contributed by atoms with Crippen molar-refractivity contribution in [3.05, 3.63) is 182 Å². The Bertz CT molecular complexity index is 2620. The van der Waals surface area contributed by atoms with Crippen LogP contribution in [-0.2, 0) is 4.57 Å². The summed E-state index contributed by atoms with van der Waals surface area (Å²) in [5, 5.41) is 11.0. The van der Waals surface area contributed by atoms with Crippen molar-refractivity contribution in [1.29, 1.82) is 0 Å². The minimum atomic E-state index is -3.03. The van der Waals surface area contributed by atoms with Gasteiger partial charge in [0.2, 0.25) is 0 Å². The smallest absolute Gasteiger partial charge is 0.171 e. The van der Waals surface area contributed by atoms with Gasteiger partial charge in [0.1, 0.15) is 0 Å². The number of pyridine rings is 1. The Kier molecular flexibility index (Phi) is 6.78. The molecule has 9 rings (SSSR count). The van der Waals surface area contributed by atoms with E-state index in [1.165, 1.54) is 37.7 Å². The highest BCUT2D eigenvalue weighted by Crippen LogP contribution is 2.44. The molecule has 0 N–H and O–H groups in total. The molecule has 0 radical (unpaired) electrons. The zero-order chi connectivity index (χ0) is 32.1. The molecule has 0 aliphatic rings. The number of para-hydroxylation sites is 1. The number of hydrogen-bond acceptors (Lipinski definition) is 2. The summed E-state index contributed by atoms with van der Waals surface area (Å²) in [5.74, 6) is 0. The highest BCUT2D eigenvalue weighted by Gasteiger charge is 2.29. The summed E-state index contributed by atoms with van der Waals surface area (Å²) in [6.45, 7) is 0. The van der Waals surface area contributed by atoms with Crippen LogP contribution in [0.2, 0.25) is 0 Å². The van der Waals surface area contributed by atoms with Crippen molar-refractivity contribution in [2.75, 3.05) is 0 Å². The molecular formula is C45H30NOP. The van der Waals surface area contributed by atoms with Crippen LogP contribution in [-0.4, -0.2) is 4.98 Å². The number of aromatic nitrogens is 1. The Hall–Kier alpha value is -5.82. The molecule has 0 saturated heterocycles. The predicted octanol–water partition coefficient (Wildman–Crippen LogP) is 10.7. The standard InChI is InChI=1S/C45H30NOP/c47-48(34-13-3-1-4-14-34,35-15-5-2-6-16-35)36-29-27-32(28-30-36)31-23-25-33(26-24-31)45-44-40-20-10-8-18-38(40)37-17-7-9-19-39(37)43(44)41-21-11-12-22-42(41)46-45/h1-30H. The minimum absolute atomic E-state index is 0.825. The van der Waals surface area contributed by atoms with Gasteiger partial charge in [-0.1, -0.05) is 176 Å². The molecule has 0 unspecified atom stereocenters. The van der Waals surface area contributed by atoms with Gasteiger partial charge in [-0.2, -0.15) is 0 Å². The summed E-state index contributed by atoms with van der Waals surface area (Å²) < 4.78 is 14.8. The first-order chi connectivity index (χ1) is 23.7. The van der Waals surface area contributed by atoms with Crippen molar-refractivity contribution in [2.45, 2.75) is 0 Å². The summed E-state index contributed by atoms with van der Waals surface area (Å²) in [6, 6.07) is 62.5. The predicted molar refractivity (Wildman–Crippen MR) is 205 cm³/mol. The van der Waals surface area contributed by atoms with Crippen LogP contribution in [0.1, 0.15) is 0 Å². The zero-order valence-corrected chi connectivity index (χ0v) is 27.0. The number of benzene rings is 8. The van der Waals surface area contributed by atoms with Gasteiger partial charge in [-0.3, -0.25) is 0 Å². The van der Waals surface area contributed by atoms with E-state index in [0.29, 0.717) is 0 Å². The van der Waals surface area contributed by atoms with Crippen molar-refractivity contribution in [3.63, 3.8) is 0 Å². The SMILES string of the molecule is O=P(c1ccccc1)(c1ccccc1)c1ccc(-c2ccc(-c3nc4ccccc4c4c5ccccc5c5ccccc5c34)cc2)cc1. The highest BCUT2D eigenvalue weighted by atomic mass is 31.2. The van der Waals surface area contributed by atoms with Gasteiger partial charge < -0.3 is 4.57 Å². The molecule has 0 fully saturated rings.